The quantitative estimate of drug-likeness (QED) is 0.736. The highest BCUT2D eigenvalue weighted by atomic mass is 32.2. The van der Waals surface area contributed by atoms with E-state index in [4.69, 9.17) is 9.47 Å². The Bertz CT molecular complexity index is 654. The van der Waals surface area contributed by atoms with Crippen molar-refractivity contribution in [2.75, 3.05) is 18.6 Å². The van der Waals surface area contributed by atoms with E-state index in [1.54, 1.807) is 36.5 Å². The molecule has 0 atom stereocenters. The third-order valence-corrected chi connectivity index (χ3v) is 3.64. The van der Waals surface area contributed by atoms with Crippen molar-refractivity contribution in [3.05, 3.63) is 48.7 Å². The molecule has 0 bridgehead atoms. The first-order valence-electron chi connectivity index (χ1n) is 6.52. The van der Waals surface area contributed by atoms with Crippen LogP contribution in [0.3, 0.4) is 0 Å². The highest BCUT2D eigenvalue weighted by Crippen LogP contribution is 2.22. The predicted molar refractivity (Wildman–Crippen MR) is 80.6 cm³/mol. The molecule has 0 saturated carbocycles. The molecule has 1 aromatic carbocycles. The standard InChI is InChI=1S/C15H17NO4S/c1-21(17,18)12-4-11-19-13-6-8-14(9-7-13)20-15-5-2-3-10-16-15/h2-3,5-10H,4,11-12H2,1H3. The Morgan fingerprint density at radius 3 is 2.38 bits per heavy atom. The van der Waals surface area contributed by atoms with E-state index in [1.807, 2.05) is 12.1 Å². The first kappa shape index (κ1) is 15.3. The molecule has 1 heterocycles. The van der Waals surface area contributed by atoms with Crippen LogP contribution >= 0.6 is 0 Å². The van der Waals surface area contributed by atoms with Crippen molar-refractivity contribution < 1.29 is 17.9 Å². The van der Waals surface area contributed by atoms with E-state index in [0.29, 0.717) is 30.4 Å². The van der Waals surface area contributed by atoms with Crippen LogP contribution in [0, 0.1) is 0 Å². The van der Waals surface area contributed by atoms with Gasteiger partial charge in [0.2, 0.25) is 5.88 Å². The molecule has 2 aromatic rings. The molecule has 0 unspecified atom stereocenters. The molecule has 0 amide bonds. The van der Waals surface area contributed by atoms with Crippen LogP contribution in [0.4, 0.5) is 0 Å². The highest BCUT2D eigenvalue weighted by Gasteiger charge is 2.02. The minimum absolute atomic E-state index is 0.133. The largest absolute Gasteiger partial charge is 0.494 e. The number of ether oxygens (including phenoxy) is 2. The second-order valence-electron chi connectivity index (χ2n) is 4.57. The van der Waals surface area contributed by atoms with Gasteiger partial charge in [0.25, 0.3) is 0 Å². The van der Waals surface area contributed by atoms with Gasteiger partial charge in [0.05, 0.1) is 12.4 Å². The van der Waals surface area contributed by atoms with Gasteiger partial charge in [0, 0.05) is 18.5 Å². The number of pyridine rings is 1. The van der Waals surface area contributed by atoms with Crippen molar-refractivity contribution in [3.63, 3.8) is 0 Å². The van der Waals surface area contributed by atoms with Crippen LogP contribution in [0.1, 0.15) is 6.42 Å². The molecule has 0 aliphatic carbocycles. The lowest BCUT2D eigenvalue weighted by Gasteiger charge is -2.07. The molecule has 1 aromatic heterocycles. The first-order chi connectivity index (χ1) is 10.0. The van der Waals surface area contributed by atoms with E-state index < -0.39 is 9.84 Å². The SMILES string of the molecule is CS(=O)(=O)CCCOc1ccc(Oc2ccccn2)cc1. The van der Waals surface area contributed by atoms with Crippen molar-refractivity contribution in [2.24, 2.45) is 0 Å². The summed E-state index contributed by atoms with van der Waals surface area (Å²) in [5.74, 6) is 2.00. The van der Waals surface area contributed by atoms with E-state index in [2.05, 4.69) is 4.98 Å². The number of nitrogens with zero attached hydrogens (tertiary/aromatic N) is 1. The molecular formula is C15H17NO4S. The fourth-order valence-electron chi connectivity index (χ4n) is 1.64. The minimum atomic E-state index is -2.93. The third-order valence-electron chi connectivity index (χ3n) is 2.61. The molecule has 0 fully saturated rings. The van der Waals surface area contributed by atoms with Crippen molar-refractivity contribution in [1.29, 1.82) is 0 Å². The van der Waals surface area contributed by atoms with Gasteiger partial charge >= 0.3 is 0 Å². The average molecular weight is 307 g/mol. The van der Waals surface area contributed by atoms with Crippen LogP contribution in [-0.4, -0.2) is 32.0 Å². The van der Waals surface area contributed by atoms with Crippen LogP contribution in [0.5, 0.6) is 17.4 Å². The Hall–Kier alpha value is -2.08. The van der Waals surface area contributed by atoms with Gasteiger partial charge in [-0.15, -0.1) is 0 Å². The van der Waals surface area contributed by atoms with Crippen LogP contribution in [-0.2, 0) is 9.84 Å². The van der Waals surface area contributed by atoms with Gasteiger partial charge in [-0.3, -0.25) is 0 Å². The zero-order valence-electron chi connectivity index (χ0n) is 11.7. The minimum Gasteiger partial charge on any atom is -0.494 e. The fourth-order valence-corrected chi connectivity index (χ4v) is 2.29. The summed E-state index contributed by atoms with van der Waals surface area (Å²) in [5, 5.41) is 0. The Morgan fingerprint density at radius 2 is 1.76 bits per heavy atom. The second kappa shape index (κ2) is 7.08. The summed E-state index contributed by atoms with van der Waals surface area (Å²) < 4.78 is 33.0. The Kier molecular flexibility index (Phi) is 5.16. The monoisotopic (exact) mass is 307 g/mol. The van der Waals surface area contributed by atoms with Crippen LogP contribution < -0.4 is 9.47 Å². The molecule has 21 heavy (non-hydrogen) atoms. The predicted octanol–water partition coefficient (Wildman–Crippen LogP) is 2.69. The summed E-state index contributed by atoms with van der Waals surface area (Å²) in [6, 6.07) is 12.6. The maximum absolute atomic E-state index is 11.0. The number of rotatable bonds is 7. The molecule has 0 spiro atoms. The summed E-state index contributed by atoms with van der Waals surface area (Å²) >= 11 is 0. The summed E-state index contributed by atoms with van der Waals surface area (Å²) in [6.45, 7) is 0.369. The lowest BCUT2D eigenvalue weighted by atomic mass is 10.3. The topological polar surface area (TPSA) is 65.5 Å². The van der Waals surface area contributed by atoms with Crippen molar-refractivity contribution >= 4 is 9.84 Å². The van der Waals surface area contributed by atoms with Gasteiger partial charge in [-0.05, 0) is 36.8 Å². The van der Waals surface area contributed by atoms with Gasteiger partial charge in [-0.1, -0.05) is 6.07 Å². The maximum Gasteiger partial charge on any atom is 0.219 e. The lowest BCUT2D eigenvalue weighted by molar-refractivity contribution is 0.317. The lowest BCUT2D eigenvalue weighted by Crippen LogP contribution is -2.07. The Labute approximate surface area is 124 Å². The third kappa shape index (κ3) is 5.83. The molecule has 6 heteroatoms. The number of hydrogen-bond donors (Lipinski definition) is 0. The van der Waals surface area contributed by atoms with E-state index in [0.717, 1.165) is 0 Å². The van der Waals surface area contributed by atoms with Crippen LogP contribution in [0.2, 0.25) is 0 Å². The summed E-state index contributed by atoms with van der Waals surface area (Å²) in [6.07, 6.45) is 3.36. The zero-order chi connectivity index (χ0) is 15.1. The van der Waals surface area contributed by atoms with Crippen molar-refractivity contribution in [2.45, 2.75) is 6.42 Å². The molecule has 0 aliphatic heterocycles. The molecule has 112 valence electrons. The molecule has 0 saturated heterocycles. The van der Waals surface area contributed by atoms with E-state index in [-0.39, 0.29) is 5.75 Å². The molecule has 0 N–H and O–H groups in total. The molecular weight excluding hydrogens is 290 g/mol. The van der Waals surface area contributed by atoms with Crippen molar-refractivity contribution in [3.8, 4) is 17.4 Å². The zero-order valence-corrected chi connectivity index (χ0v) is 12.5. The van der Waals surface area contributed by atoms with E-state index in [9.17, 15) is 8.42 Å². The van der Waals surface area contributed by atoms with Gasteiger partial charge < -0.3 is 9.47 Å². The molecule has 0 radical (unpaired) electrons. The highest BCUT2D eigenvalue weighted by molar-refractivity contribution is 7.90. The summed E-state index contributed by atoms with van der Waals surface area (Å²) in [7, 11) is -2.93. The number of aromatic nitrogens is 1. The number of hydrogen-bond acceptors (Lipinski definition) is 5. The number of benzene rings is 1. The van der Waals surface area contributed by atoms with Gasteiger partial charge in [-0.2, -0.15) is 0 Å². The average Bonchev–Trinajstić information content (AvgIpc) is 2.45. The van der Waals surface area contributed by atoms with E-state index >= 15 is 0 Å². The van der Waals surface area contributed by atoms with Crippen LogP contribution in [0.15, 0.2) is 48.7 Å². The molecule has 5 nitrogen and oxygen atoms in total. The molecule has 2 rings (SSSR count). The normalized spacial score (nSPS) is 11.1. The summed E-state index contributed by atoms with van der Waals surface area (Å²) in [4.78, 5) is 4.07. The van der Waals surface area contributed by atoms with Gasteiger partial charge in [0.1, 0.15) is 21.3 Å². The van der Waals surface area contributed by atoms with Crippen LogP contribution in [0.25, 0.3) is 0 Å². The Morgan fingerprint density at radius 1 is 1.05 bits per heavy atom. The van der Waals surface area contributed by atoms with E-state index in [1.165, 1.54) is 6.26 Å². The van der Waals surface area contributed by atoms with Crippen molar-refractivity contribution in [1.82, 2.24) is 4.98 Å². The fraction of sp³-hybridized carbons (Fsp3) is 0.267. The summed E-state index contributed by atoms with van der Waals surface area (Å²) in [5.41, 5.74) is 0. The van der Waals surface area contributed by atoms with Gasteiger partial charge in [0.15, 0.2) is 0 Å². The second-order valence-corrected chi connectivity index (χ2v) is 6.83. The molecule has 0 aliphatic rings. The Balaban J connectivity index is 1.82. The first-order valence-corrected chi connectivity index (χ1v) is 8.58. The smallest absolute Gasteiger partial charge is 0.219 e. The number of sulfone groups is 1. The van der Waals surface area contributed by atoms with Gasteiger partial charge in [-0.25, -0.2) is 13.4 Å². The maximum atomic E-state index is 11.0.